The maximum absolute atomic E-state index is 14.3. The predicted molar refractivity (Wildman–Crippen MR) is 105 cm³/mol. The van der Waals surface area contributed by atoms with Gasteiger partial charge in [0.05, 0.1) is 22.4 Å². The van der Waals surface area contributed by atoms with Crippen LogP contribution in [0.15, 0.2) is 41.6 Å². The predicted octanol–water partition coefficient (Wildman–Crippen LogP) is 4.85. The first-order valence-electron chi connectivity index (χ1n) is 10.4. The van der Waals surface area contributed by atoms with Gasteiger partial charge in [0.15, 0.2) is 0 Å². The number of rotatable bonds is 2. The molecule has 0 bridgehead atoms. The van der Waals surface area contributed by atoms with Gasteiger partial charge in [0.1, 0.15) is 0 Å². The van der Waals surface area contributed by atoms with Gasteiger partial charge in [-0.15, -0.1) is 0 Å². The first-order valence-corrected chi connectivity index (χ1v) is 10.4. The number of halogens is 9. The number of nitrogens with zero attached hydrogens (tertiary/aromatic N) is 1. The number of carbonyl (C=O) groups is 1. The van der Waals surface area contributed by atoms with Gasteiger partial charge in [-0.3, -0.25) is 4.79 Å². The summed E-state index contributed by atoms with van der Waals surface area (Å²) in [5, 5.41) is 9.20. The Morgan fingerprint density at radius 1 is 0.861 bits per heavy atom. The summed E-state index contributed by atoms with van der Waals surface area (Å²) in [5.41, 5.74) is -9.05. The van der Waals surface area contributed by atoms with E-state index in [9.17, 15) is 44.3 Å². The van der Waals surface area contributed by atoms with E-state index in [0.29, 0.717) is 18.7 Å². The Morgan fingerprint density at radius 3 is 1.97 bits per heavy atom. The molecule has 0 aromatic heterocycles. The van der Waals surface area contributed by atoms with Crippen LogP contribution in [0, 0.1) is 0 Å². The number of hydrogen-bond acceptors (Lipinski definition) is 4. The first-order chi connectivity index (χ1) is 16.6. The Balaban J connectivity index is 1.57. The molecular formula is C22H14F9N3O2. The van der Waals surface area contributed by atoms with Crippen molar-refractivity contribution < 1.29 is 49.1 Å². The van der Waals surface area contributed by atoms with Crippen molar-refractivity contribution in [3.8, 4) is 0 Å². The number of fused-ring (bicyclic) bond motifs is 2. The fraction of sp³-hybridized carbons (Fsp3) is 0.364. The van der Waals surface area contributed by atoms with Crippen molar-refractivity contribution in [3.63, 3.8) is 0 Å². The zero-order chi connectivity index (χ0) is 26.3. The van der Waals surface area contributed by atoms with Crippen LogP contribution < -0.4 is 10.6 Å². The highest BCUT2D eigenvalue weighted by Gasteiger charge is 2.63. The SMILES string of the molecule is O=C1NC2(CNC2)c2ccc(C3=NOC(c4cc(C(F)(F)F)cc(C(F)(F)F)c4)(C(F)(F)F)C3)cc21. The highest BCUT2D eigenvalue weighted by Crippen LogP contribution is 2.51. The summed E-state index contributed by atoms with van der Waals surface area (Å²) < 4.78 is 122. The standard InChI is InChI=1S/C22H14F9N3O2/c23-20(24,25)12-4-11(5-13(6-12)21(26,27)28)19(22(29,30)31)7-16(34-36-19)10-1-2-15-14(3-10)17(35)33-18(15)8-32-9-18/h1-6,32H,7-9H2,(H,33,35). The molecule has 0 aliphatic carbocycles. The fourth-order valence-corrected chi connectivity index (χ4v) is 4.58. The lowest BCUT2D eigenvalue weighted by atomic mass is 9.82. The van der Waals surface area contributed by atoms with E-state index >= 15 is 0 Å². The fourth-order valence-electron chi connectivity index (χ4n) is 4.58. The smallest absolute Gasteiger partial charge is 0.374 e. The van der Waals surface area contributed by atoms with E-state index in [-0.39, 0.29) is 35.0 Å². The molecule has 3 aliphatic heterocycles. The van der Waals surface area contributed by atoms with Crippen LogP contribution in [0.3, 0.4) is 0 Å². The molecule has 3 aliphatic rings. The summed E-state index contributed by atoms with van der Waals surface area (Å²) in [6.07, 6.45) is -17.4. The second-order valence-electron chi connectivity index (χ2n) is 8.83. The van der Waals surface area contributed by atoms with Crippen LogP contribution in [-0.2, 0) is 28.3 Å². The van der Waals surface area contributed by atoms with E-state index < -0.39 is 58.7 Å². The van der Waals surface area contributed by atoms with Gasteiger partial charge >= 0.3 is 18.5 Å². The first kappa shape index (κ1) is 24.4. The molecule has 1 saturated heterocycles. The van der Waals surface area contributed by atoms with Gasteiger partial charge in [0.25, 0.3) is 11.5 Å². The second kappa shape index (κ2) is 7.37. The molecule has 2 aromatic rings. The Hall–Kier alpha value is -3.29. The van der Waals surface area contributed by atoms with Crippen LogP contribution in [-0.4, -0.2) is 30.9 Å². The molecule has 3 heterocycles. The lowest BCUT2D eigenvalue weighted by molar-refractivity contribution is -0.276. The van der Waals surface area contributed by atoms with Crippen LogP contribution in [0.1, 0.15) is 44.6 Å². The summed E-state index contributed by atoms with van der Waals surface area (Å²) in [5.74, 6) is -0.470. The molecule has 192 valence electrons. The van der Waals surface area contributed by atoms with E-state index in [2.05, 4.69) is 20.6 Å². The number of hydrogen-bond donors (Lipinski definition) is 2. The summed E-state index contributed by atoms with van der Waals surface area (Å²) in [4.78, 5) is 17.0. The number of amides is 1. The third-order valence-electron chi connectivity index (χ3n) is 6.56. The molecule has 1 fully saturated rings. The van der Waals surface area contributed by atoms with Crippen molar-refractivity contribution in [1.29, 1.82) is 0 Å². The average Bonchev–Trinajstić information content (AvgIpc) is 3.33. The molecule has 5 nitrogen and oxygen atoms in total. The molecular weight excluding hydrogens is 509 g/mol. The van der Waals surface area contributed by atoms with Gasteiger partial charge in [-0.1, -0.05) is 17.3 Å². The van der Waals surface area contributed by atoms with Crippen molar-refractivity contribution in [2.24, 2.45) is 5.16 Å². The topological polar surface area (TPSA) is 62.7 Å². The molecule has 1 amide bonds. The maximum Gasteiger partial charge on any atom is 0.435 e. The summed E-state index contributed by atoms with van der Waals surface area (Å²) >= 11 is 0. The van der Waals surface area contributed by atoms with Crippen molar-refractivity contribution in [3.05, 3.63) is 69.8 Å². The molecule has 1 spiro atoms. The largest absolute Gasteiger partial charge is 0.435 e. The maximum atomic E-state index is 14.3. The van der Waals surface area contributed by atoms with Crippen LogP contribution >= 0.6 is 0 Å². The molecule has 2 N–H and O–H groups in total. The lowest BCUT2D eigenvalue weighted by Crippen LogP contribution is -2.63. The monoisotopic (exact) mass is 523 g/mol. The normalized spacial score (nSPS) is 23.1. The summed E-state index contributed by atoms with van der Waals surface area (Å²) in [6, 6.07) is 3.86. The minimum absolute atomic E-state index is 0.0161. The number of carbonyl (C=O) groups excluding carboxylic acids is 1. The molecule has 0 radical (unpaired) electrons. The molecule has 36 heavy (non-hydrogen) atoms. The van der Waals surface area contributed by atoms with Gasteiger partial charge in [-0.2, -0.15) is 39.5 Å². The zero-order valence-corrected chi connectivity index (χ0v) is 17.8. The molecule has 2 aromatic carbocycles. The van der Waals surface area contributed by atoms with Crippen LogP contribution in [0.25, 0.3) is 0 Å². The summed E-state index contributed by atoms with van der Waals surface area (Å²) in [7, 11) is 0. The molecule has 1 unspecified atom stereocenters. The van der Waals surface area contributed by atoms with Crippen LogP contribution in [0.5, 0.6) is 0 Å². The lowest BCUT2D eigenvalue weighted by Gasteiger charge is -2.39. The second-order valence-corrected chi connectivity index (χ2v) is 8.83. The number of benzene rings is 2. The van der Waals surface area contributed by atoms with E-state index in [0.717, 1.165) is 0 Å². The van der Waals surface area contributed by atoms with E-state index in [4.69, 9.17) is 0 Å². The summed E-state index contributed by atoms with van der Waals surface area (Å²) in [6.45, 7) is 0.896. The zero-order valence-electron chi connectivity index (χ0n) is 17.8. The van der Waals surface area contributed by atoms with Crippen LogP contribution in [0.4, 0.5) is 39.5 Å². The number of nitrogens with one attached hydrogen (secondary N) is 2. The van der Waals surface area contributed by atoms with Crippen LogP contribution in [0.2, 0.25) is 0 Å². The van der Waals surface area contributed by atoms with Gasteiger partial charge in [0, 0.05) is 36.2 Å². The van der Waals surface area contributed by atoms with Crippen molar-refractivity contribution in [2.75, 3.05) is 13.1 Å². The third kappa shape index (κ3) is 3.61. The minimum atomic E-state index is -5.44. The molecule has 1 atom stereocenters. The Labute approximate surface area is 196 Å². The quantitative estimate of drug-likeness (QED) is 0.554. The highest BCUT2D eigenvalue weighted by atomic mass is 19.4. The molecule has 14 heteroatoms. The average molecular weight is 523 g/mol. The Bertz CT molecular complexity index is 1260. The van der Waals surface area contributed by atoms with Gasteiger partial charge < -0.3 is 15.5 Å². The highest BCUT2D eigenvalue weighted by molar-refractivity contribution is 6.06. The Morgan fingerprint density at radius 2 is 1.47 bits per heavy atom. The Kier molecular flexibility index (Phi) is 5.00. The molecule has 0 saturated carbocycles. The van der Waals surface area contributed by atoms with Gasteiger partial charge in [-0.25, -0.2) is 0 Å². The van der Waals surface area contributed by atoms with Crippen molar-refractivity contribution in [2.45, 2.75) is 36.1 Å². The van der Waals surface area contributed by atoms with E-state index in [1.165, 1.54) is 18.2 Å². The van der Waals surface area contributed by atoms with Crippen molar-refractivity contribution in [1.82, 2.24) is 10.6 Å². The third-order valence-corrected chi connectivity index (χ3v) is 6.56. The van der Waals surface area contributed by atoms with Crippen molar-refractivity contribution >= 4 is 11.6 Å². The molecule has 5 rings (SSSR count). The van der Waals surface area contributed by atoms with E-state index in [1.807, 2.05) is 0 Å². The number of alkyl halides is 9. The van der Waals surface area contributed by atoms with Gasteiger partial charge in [-0.05, 0) is 29.8 Å². The van der Waals surface area contributed by atoms with Gasteiger partial charge in [0.2, 0.25) is 0 Å². The minimum Gasteiger partial charge on any atom is -0.374 e. The number of oxime groups is 1. The van der Waals surface area contributed by atoms with E-state index in [1.54, 1.807) is 0 Å².